The standard InChI is InChI=1S/C23H24N2O3S/c1-23(19-12-6-3-7-13-19,20-14-8-4-9-15-20)24-22(26)18-25(2)29(27,28)21-16-10-5-11-17-21/h3-17H,18H2,1-2H3,(H,24,26). The molecule has 0 fully saturated rings. The van der Waals surface area contributed by atoms with Crippen LogP contribution in [0.25, 0.3) is 0 Å². The van der Waals surface area contributed by atoms with E-state index in [1.54, 1.807) is 18.2 Å². The monoisotopic (exact) mass is 408 g/mol. The van der Waals surface area contributed by atoms with Crippen LogP contribution in [-0.4, -0.2) is 32.2 Å². The average molecular weight is 409 g/mol. The molecule has 0 saturated heterocycles. The first kappa shape index (κ1) is 20.8. The minimum Gasteiger partial charge on any atom is -0.342 e. The molecule has 0 aromatic heterocycles. The van der Waals surface area contributed by atoms with Crippen LogP contribution in [0.2, 0.25) is 0 Å². The lowest BCUT2D eigenvalue weighted by Crippen LogP contribution is -2.48. The van der Waals surface area contributed by atoms with E-state index >= 15 is 0 Å². The predicted octanol–water partition coefficient (Wildman–Crippen LogP) is 3.39. The largest absolute Gasteiger partial charge is 0.342 e. The van der Waals surface area contributed by atoms with Crippen LogP contribution in [-0.2, 0) is 20.4 Å². The second-order valence-corrected chi connectivity index (χ2v) is 9.02. The molecule has 1 amide bonds. The second kappa shape index (κ2) is 8.59. The van der Waals surface area contributed by atoms with Crippen molar-refractivity contribution in [3.05, 3.63) is 102 Å². The molecule has 0 radical (unpaired) electrons. The maximum absolute atomic E-state index is 12.9. The Bertz CT molecular complexity index is 1010. The van der Waals surface area contributed by atoms with Gasteiger partial charge in [0.2, 0.25) is 15.9 Å². The summed E-state index contributed by atoms with van der Waals surface area (Å²) in [4.78, 5) is 13.0. The summed E-state index contributed by atoms with van der Waals surface area (Å²) in [5, 5.41) is 3.04. The second-order valence-electron chi connectivity index (χ2n) is 6.98. The first-order chi connectivity index (χ1) is 13.8. The fourth-order valence-electron chi connectivity index (χ4n) is 3.23. The Balaban J connectivity index is 1.85. The number of hydrogen-bond acceptors (Lipinski definition) is 3. The molecule has 29 heavy (non-hydrogen) atoms. The number of hydrogen-bond donors (Lipinski definition) is 1. The average Bonchev–Trinajstić information content (AvgIpc) is 2.75. The van der Waals surface area contributed by atoms with Gasteiger partial charge in [-0.05, 0) is 30.2 Å². The smallest absolute Gasteiger partial charge is 0.243 e. The Morgan fingerprint density at radius 2 is 1.24 bits per heavy atom. The molecule has 3 aromatic rings. The molecule has 3 aromatic carbocycles. The van der Waals surface area contributed by atoms with Crippen molar-refractivity contribution in [1.82, 2.24) is 9.62 Å². The molecular weight excluding hydrogens is 384 g/mol. The summed E-state index contributed by atoms with van der Waals surface area (Å²) in [6, 6.07) is 27.3. The molecule has 0 spiro atoms. The number of amides is 1. The Hall–Kier alpha value is -2.96. The highest BCUT2D eigenvalue weighted by atomic mass is 32.2. The highest BCUT2D eigenvalue weighted by Gasteiger charge is 2.32. The van der Waals surface area contributed by atoms with Gasteiger partial charge in [0.1, 0.15) is 0 Å². The number of nitrogens with one attached hydrogen (secondary N) is 1. The third-order valence-corrected chi connectivity index (χ3v) is 6.73. The van der Waals surface area contributed by atoms with Crippen molar-refractivity contribution >= 4 is 15.9 Å². The Labute approximate surface area is 172 Å². The molecule has 150 valence electrons. The van der Waals surface area contributed by atoms with Gasteiger partial charge in [0, 0.05) is 7.05 Å². The molecule has 5 nitrogen and oxygen atoms in total. The topological polar surface area (TPSA) is 66.5 Å². The summed E-state index contributed by atoms with van der Waals surface area (Å²) >= 11 is 0. The molecule has 0 atom stereocenters. The Morgan fingerprint density at radius 1 is 0.828 bits per heavy atom. The van der Waals surface area contributed by atoms with Crippen LogP contribution < -0.4 is 5.32 Å². The van der Waals surface area contributed by atoms with E-state index in [-0.39, 0.29) is 17.3 Å². The number of carbonyl (C=O) groups excluding carboxylic acids is 1. The van der Waals surface area contributed by atoms with Gasteiger partial charge < -0.3 is 5.32 Å². The number of sulfonamides is 1. The number of benzene rings is 3. The molecule has 0 bridgehead atoms. The first-order valence-corrected chi connectivity index (χ1v) is 10.7. The zero-order valence-corrected chi connectivity index (χ0v) is 17.3. The van der Waals surface area contributed by atoms with Crippen LogP contribution in [0.15, 0.2) is 95.9 Å². The Morgan fingerprint density at radius 3 is 1.69 bits per heavy atom. The molecule has 0 aliphatic heterocycles. The first-order valence-electron chi connectivity index (χ1n) is 9.27. The molecule has 0 aliphatic carbocycles. The molecule has 0 aliphatic rings. The van der Waals surface area contributed by atoms with Crippen molar-refractivity contribution in [2.45, 2.75) is 17.4 Å². The zero-order chi connectivity index (χ0) is 20.9. The summed E-state index contributed by atoms with van der Waals surface area (Å²) in [7, 11) is -2.34. The van der Waals surface area contributed by atoms with E-state index in [2.05, 4.69) is 5.32 Å². The van der Waals surface area contributed by atoms with Crippen LogP contribution in [0.3, 0.4) is 0 Å². The van der Waals surface area contributed by atoms with E-state index in [1.807, 2.05) is 67.6 Å². The van der Waals surface area contributed by atoms with E-state index in [1.165, 1.54) is 19.2 Å². The van der Waals surface area contributed by atoms with Crippen molar-refractivity contribution in [2.24, 2.45) is 0 Å². The van der Waals surface area contributed by atoms with E-state index in [0.29, 0.717) is 0 Å². The van der Waals surface area contributed by atoms with Gasteiger partial charge in [0.25, 0.3) is 0 Å². The quantitative estimate of drug-likeness (QED) is 0.652. The minimum atomic E-state index is -3.75. The number of nitrogens with zero attached hydrogens (tertiary/aromatic N) is 1. The van der Waals surface area contributed by atoms with Crippen LogP contribution in [0.1, 0.15) is 18.1 Å². The fraction of sp³-hybridized carbons (Fsp3) is 0.174. The lowest BCUT2D eigenvalue weighted by atomic mass is 9.84. The molecule has 0 unspecified atom stereocenters. The van der Waals surface area contributed by atoms with E-state index in [4.69, 9.17) is 0 Å². The van der Waals surface area contributed by atoms with Crippen molar-refractivity contribution in [3.8, 4) is 0 Å². The summed E-state index contributed by atoms with van der Waals surface area (Å²) in [6.45, 7) is 1.63. The van der Waals surface area contributed by atoms with Gasteiger partial charge in [0.15, 0.2) is 0 Å². The minimum absolute atomic E-state index is 0.157. The lowest BCUT2D eigenvalue weighted by Gasteiger charge is -2.33. The SMILES string of the molecule is CN(CC(=O)NC(C)(c1ccccc1)c1ccccc1)S(=O)(=O)c1ccccc1. The summed E-state index contributed by atoms with van der Waals surface area (Å²) < 4.78 is 26.5. The van der Waals surface area contributed by atoms with Crippen molar-refractivity contribution < 1.29 is 13.2 Å². The van der Waals surface area contributed by atoms with Gasteiger partial charge >= 0.3 is 0 Å². The fourth-order valence-corrected chi connectivity index (χ4v) is 4.38. The van der Waals surface area contributed by atoms with Crippen LogP contribution in [0.5, 0.6) is 0 Å². The predicted molar refractivity (Wildman–Crippen MR) is 114 cm³/mol. The van der Waals surface area contributed by atoms with Gasteiger partial charge in [-0.3, -0.25) is 4.79 Å². The van der Waals surface area contributed by atoms with E-state index in [9.17, 15) is 13.2 Å². The molecule has 3 rings (SSSR count). The maximum Gasteiger partial charge on any atom is 0.243 e. The molecule has 1 N–H and O–H groups in total. The molecule has 6 heteroatoms. The summed E-state index contributed by atoms with van der Waals surface area (Å²) in [5.74, 6) is -0.387. The molecular formula is C23H24N2O3S. The van der Waals surface area contributed by atoms with Gasteiger partial charge in [-0.15, -0.1) is 0 Å². The number of carbonyl (C=O) groups is 1. The van der Waals surface area contributed by atoms with Gasteiger partial charge in [-0.25, -0.2) is 8.42 Å². The van der Waals surface area contributed by atoms with E-state index in [0.717, 1.165) is 15.4 Å². The highest BCUT2D eigenvalue weighted by molar-refractivity contribution is 7.89. The molecule has 0 saturated carbocycles. The van der Waals surface area contributed by atoms with Crippen LogP contribution in [0.4, 0.5) is 0 Å². The molecule has 0 heterocycles. The van der Waals surface area contributed by atoms with Gasteiger partial charge in [0.05, 0.1) is 17.0 Å². The van der Waals surface area contributed by atoms with E-state index < -0.39 is 15.6 Å². The number of likely N-dealkylation sites (N-methyl/N-ethyl adjacent to an activating group) is 1. The highest BCUT2D eigenvalue weighted by Crippen LogP contribution is 2.29. The van der Waals surface area contributed by atoms with Crippen molar-refractivity contribution in [3.63, 3.8) is 0 Å². The Kier molecular flexibility index (Phi) is 6.15. The van der Waals surface area contributed by atoms with Gasteiger partial charge in [-0.1, -0.05) is 78.9 Å². The third kappa shape index (κ3) is 4.55. The van der Waals surface area contributed by atoms with Crippen LogP contribution >= 0.6 is 0 Å². The number of rotatable bonds is 7. The van der Waals surface area contributed by atoms with Crippen molar-refractivity contribution in [1.29, 1.82) is 0 Å². The van der Waals surface area contributed by atoms with Crippen molar-refractivity contribution in [2.75, 3.05) is 13.6 Å². The maximum atomic E-state index is 12.9. The zero-order valence-electron chi connectivity index (χ0n) is 16.4. The van der Waals surface area contributed by atoms with Gasteiger partial charge in [-0.2, -0.15) is 4.31 Å². The third-order valence-electron chi connectivity index (χ3n) is 4.91. The lowest BCUT2D eigenvalue weighted by molar-refractivity contribution is -0.122. The normalized spacial score (nSPS) is 12.0. The summed E-state index contributed by atoms with van der Waals surface area (Å²) in [5.41, 5.74) is 1.03. The summed E-state index contributed by atoms with van der Waals surface area (Å²) in [6.07, 6.45) is 0. The van der Waals surface area contributed by atoms with Crippen LogP contribution in [0, 0.1) is 0 Å².